The molecule has 144 valence electrons. The molecule has 0 spiro atoms. The predicted octanol–water partition coefficient (Wildman–Crippen LogP) is 4.74. The topological polar surface area (TPSA) is 61.4 Å². The maximum Gasteiger partial charge on any atom is 0.331 e. The smallest absolute Gasteiger partial charge is 0.331 e. The van der Waals surface area contributed by atoms with E-state index in [9.17, 15) is 9.59 Å². The number of esters is 1. The van der Waals surface area contributed by atoms with E-state index in [1.807, 2.05) is 62.6 Å². The molecule has 1 aromatic carbocycles. The molecule has 0 saturated heterocycles. The maximum atomic E-state index is 12.6. The SMILES string of the molecule is Cc1ccc(-n2c(C)cc(C(=O)COC(=O)C=Cc3ccc(C)o3)c2C)cc1. The summed E-state index contributed by atoms with van der Waals surface area (Å²) >= 11 is 0. The lowest BCUT2D eigenvalue weighted by molar-refractivity contribution is -0.136. The van der Waals surface area contributed by atoms with Gasteiger partial charge in [-0.3, -0.25) is 4.79 Å². The van der Waals surface area contributed by atoms with Gasteiger partial charge in [-0.15, -0.1) is 0 Å². The van der Waals surface area contributed by atoms with Crippen molar-refractivity contribution >= 4 is 17.8 Å². The summed E-state index contributed by atoms with van der Waals surface area (Å²) in [4.78, 5) is 24.4. The number of hydrogen-bond donors (Lipinski definition) is 0. The molecule has 3 rings (SSSR count). The number of ether oxygens (including phenoxy) is 1. The van der Waals surface area contributed by atoms with E-state index < -0.39 is 5.97 Å². The van der Waals surface area contributed by atoms with Crippen molar-refractivity contribution < 1.29 is 18.7 Å². The molecule has 2 heterocycles. The lowest BCUT2D eigenvalue weighted by atomic mass is 10.1. The van der Waals surface area contributed by atoms with Gasteiger partial charge in [-0.2, -0.15) is 0 Å². The van der Waals surface area contributed by atoms with Gasteiger partial charge in [0.05, 0.1) is 0 Å². The number of carbonyl (C=O) groups excluding carboxylic acids is 2. The Morgan fingerprint density at radius 2 is 1.75 bits per heavy atom. The lowest BCUT2D eigenvalue weighted by Crippen LogP contribution is -2.13. The van der Waals surface area contributed by atoms with Gasteiger partial charge in [-0.25, -0.2) is 4.79 Å². The van der Waals surface area contributed by atoms with Gasteiger partial charge in [0.2, 0.25) is 5.78 Å². The van der Waals surface area contributed by atoms with Crippen LogP contribution >= 0.6 is 0 Å². The van der Waals surface area contributed by atoms with E-state index >= 15 is 0 Å². The molecule has 0 fully saturated rings. The molecule has 28 heavy (non-hydrogen) atoms. The Bertz CT molecular complexity index is 1040. The second-order valence-electron chi connectivity index (χ2n) is 6.77. The van der Waals surface area contributed by atoms with Gasteiger partial charge in [-0.1, -0.05) is 17.7 Å². The van der Waals surface area contributed by atoms with Crippen molar-refractivity contribution in [1.82, 2.24) is 4.57 Å². The van der Waals surface area contributed by atoms with Gasteiger partial charge in [-0.05, 0) is 64.1 Å². The molecule has 2 aromatic heterocycles. The number of carbonyl (C=O) groups is 2. The molecule has 0 aliphatic heterocycles. The third kappa shape index (κ3) is 4.31. The minimum atomic E-state index is -0.588. The molecule has 0 unspecified atom stereocenters. The average molecular weight is 377 g/mol. The third-order valence-corrected chi connectivity index (χ3v) is 4.51. The Morgan fingerprint density at radius 3 is 2.39 bits per heavy atom. The third-order valence-electron chi connectivity index (χ3n) is 4.51. The number of rotatable bonds is 6. The number of nitrogens with zero attached hydrogens (tertiary/aromatic N) is 1. The highest BCUT2D eigenvalue weighted by atomic mass is 16.5. The highest BCUT2D eigenvalue weighted by Crippen LogP contribution is 2.21. The van der Waals surface area contributed by atoms with Gasteiger partial charge in [0.1, 0.15) is 11.5 Å². The Kier molecular flexibility index (Phi) is 5.64. The summed E-state index contributed by atoms with van der Waals surface area (Å²) in [5.74, 6) is 0.492. The zero-order valence-electron chi connectivity index (χ0n) is 16.5. The molecule has 0 saturated carbocycles. The van der Waals surface area contributed by atoms with Gasteiger partial charge in [0.15, 0.2) is 6.61 Å². The van der Waals surface area contributed by atoms with Crippen molar-refractivity contribution in [2.24, 2.45) is 0 Å². The van der Waals surface area contributed by atoms with Crippen LogP contribution in [0.4, 0.5) is 0 Å². The summed E-state index contributed by atoms with van der Waals surface area (Å²) in [5.41, 5.74) is 4.49. The van der Waals surface area contributed by atoms with Crippen LogP contribution < -0.4 is 0 Å². The summed E-state index contributed by atoms with van der Waals surface area (Å²) in [7, 11) is 0. The molecule has 0 atom stereocenters. The van der Waals surface area contributed by atoms with Crippen molar-refractivity contribution in [2.75, 3.05) is 6.61 Å². The van der Waals surface area contributed by atoms with E-state index in [0.29, 0.717) is 11.3 Å². The molecule has 5 nitrogen and oxygen atoms in total. The Morgan fingerprint density at radius 1 is 1.04 bits per heavy atom. The van der Waals surface area contributed by atoms with Crippen molar-refractivity contribution in [3.63, 3.8) is 0 Å². The normalized spacial score (nSPS) is 11.1. The van der Waals surface area contributed by atoms with Gasteiger partial charge >= 0.3 is 5.97 Å². The highest BCUT2D eigenvalue weighted by Gasteiger charge is 2.17. The monoisotopic (exact) mass is 377 g/mol. The molecule has 5 heteroatoms. The summed E-state index contributed by atoms with van der Waals surface area (Å²) in [5, 5.41) is 0. The first-order chi connectivity index (χ1) is 13.3. The second kappa shape index (κ2) is 8.13. The van der Waals surface area contributed by atoms with E-state index in [4.69, 9.17) is 9.15 Å². The fraction of sp³-hybridized carbons (Fsp3) is 0.217. The number of aromatic nitrogens is 1. The summed E-state index contributed by atoms with van der Waals surface area (Å²) in [6, 6.07) is 13.5. The second-order valence-corrected chi connectivity index (χ2v) is 6.77. The first kappa shape index (κ1) is 19.4. The highest BCUT2D eigenvalue weighted by molar-refractivity contribution is 6.00. The van der Waals surface area contributed by atoms with Crippen LogP contribution in [0.3, 0.4) is 0 Å². The largest absolute Gasteiger partial charge is 0.462 e. The number of hydrogen-bond acceptors (Lipinski definition) is 4. The van der Waals surface area contributed by atoms with Crippen molar-refractivity contribution in [2.45, 2.75) is 27.7 Å². The van der Waals surface area contributed by atoms with E-state index in [-0.39, 0.29) is 12.4 Å². The van der Waals surface area contributed by atoms with Gasteiger partial charge in [0.25, 0.3) is 0 Å². The lowest BCUT2D eigenvalue weighted by Gasteiger charge is -2.10. The fourth-order valence-electron chi connectivity index (χ4n) is 3.09. The van der Waals surface area contributed by atoms with Crippen LogP contribution in [-0.2, 0) is 9.53 Å². The Labute approximate surface area is 164 Å². The predicted molar refractivity (Wildman–Crippen MR) is 108 cm³/mol. The number of ketones is 1. The molecule has 0 bridgehead atoms. The summed E-state index contributed by atoms with van der Waals surface area (Å²) in [6.45, 7) is 7.38. The van der Waals surface area contributed by atoms with E-state index in [0.717, 1.165) is 22.8 Å². The van der Waals surface area contributed by atoms with Crippen LogP contribution in [0.25, 0.3) is 11.8 Å². The Balaban J connectivity index is 1.67. The number of furan rings is 1. The van der Waals surface area contributed by atoms with Crippen LogP contribution in [0.2, 0.25) is 0 Å². The molecule has 3 aromatic rings. The standard InChI is InChI=1S/C23H23NO4/c1-15-5-8-19(9-6-15)24-16(2)13-21(18(24)4)22(25)14-27-23(26)12-11-20-10-7-17(3)28-20/h5-13H,14H2,1-4H3. The average Bonchev–Trinajstić information content (AvgIpc) is 3.21. The van der Waals surface area contributed by atoms with Crippen LogP contribution in [0.1, 0.15) is 38.8 Å². The van der Waals surface area contributed by atoms with Crippen molar-refractivity contribution in [3.05, 3.63) is 82.6 Å². The first-order valence-corrected chi connectivity index (χ1v) is 9.05. The van der Waals surface area contributed by atoms with Crippen molar-refractivity contribution in [3.8, 4) is 5.69 Å². The zero-order chi connectivity index (χ0) is 20.3. The number of Topliss-reactive ketones (excluding diaryl/α,β-unsaturated/α-hetero) is 1. The summed E-state index contributed by atoms with van der Waals surface area (Å²) in [6.07, 6.45) is 2.77. The van der Waals surface area contributed by atoms with Crippen LogP contribution in [0.5, 0.6) is 0 Å². The minimum absolute atomic E-state index is 0.234. The summed E-state index contributed by atoms with van der Waals surface area (Å²) < 4.78 is 12.5. The first-order valence-electron chi connectivity index (χ1n) is 9.05. The molecule has 0 N–H and O–H groups in total. The van der Waals surface area contributed by atoms with E-state index in [2.05, 4.69) is 0 Å². The minimum Gasteiger partial charge on any atom is -0.462 e. The number of benzene rings is 1. The van der Waals surface area contributed by atoms with E-state index in [1.54, 1.807) is 12.1 Å². The quantitative estimate of drug-likeness (QED) is 0.353. The van der Waals surface area contributed by atoms with Gasteiger partial charge in [0, 0.05) is 28.7 Å². The van der Waals surface area contributed by atoms with Crippen LogP contribution in [0, 0.1) is 27.7 Å². The molecule has 0 aliphatic rings. The van der Waals surface area contributed by atoms with Crippen LogP contribution in [-0.4, -0.2) is 22.9 Å². The molecule has 0 aliphatic carbocycles. The molecule has 0 amide bonds. The van der Waals surface area contributed by atoms with Crippen LogP contribution in [0.15, 0.2) is 53.0 Å². The van der Waals surface area contributed by atoms with E-state index in [1.165, 1.54) is 17.7 Å². The molecule has 0 radical (unpaired) electrons. The zero-order valence-corrected chi connectivity index (χ0v) is 16.5. The van der Waals surface area contributed by atoms with Gasteiger partial charge < -0.3 is 13.7 Å². The molecular formula is C23H23NO4. The number of aryl methyl sites for hydroxylation is 3. The maximum absolute atomic E-state index is 12.6. The fourth-order valence-corrected chi connectivity index (χ4v) is 3.09. The molecular weight excluding hydrogens is 354 g/mol. The Hall–Kier alpha value is -3.34. The van der Waals surface area contributed by atoms with Crippen molar-refractivity contribution in [1.29, 1.82) is 0 Å².